The largest absolute Gasteiger partial charge is 0.493 e. The Hall–Kier alpha value is -2.40. The number of ether oxygens (including phenoxy) is 2. The number of hydrogen-bond acceptors (Lipinski definition) is 4. The van der Waals surface area contributed by atoms with Gasteiger partial charge in [-0.3, -0.25) is 4.79 Å². The van der Waals surface area contributed by atoms with Gasteiger partial charge in [0.15, 0.2) is 11.5 Å². The van der Waals surface area contributed by atoms with Gasteiger partial charge >= 0.3 is 0 Å². The van der Waals surface area contributed by atoms with E-state index < -0.39 is 0 Å². The summed E-state index contributed by atoms with van der Waals surface area (Å²) in [4.78, 5) is 12.0. The summed E-state index contributed by atoms with van der Waals surface area (Å²) >= 11 is 6.07. The van der Waals surface area contributed by atoms with E-state index in [1.54, 1.807) is 14.2 Å². The molecule has 0 fully saturated rings. The number of methoxy groups -OCH3 is 2. The van der Waals surface area contributed by atoms with Gasteiger partial charge < -0.3 is 20.1 Å². The van der Waals surface area contributed by atoms with E-state index in [2.05, 4.69) is 10.6 Å². The van der Waals surface area contributed by atoms with Crippen molar-refractivity contribution in [3.63, 3.8) is 0 Å². The normalized spacial score (nSPS) is 10.2. The number of rotatable bonds is 8. The maximum atomic E-state index is 12.0. The molecule has 2 rings (SSSR count). The van der Waals surface area contributed by atoms with E-state index in [-0.39, 0.29) is 12.5 Å². The molecule has 1 amide bonds. The molecule has 0 aliphatic carbocycles. The average Bonchev–Trinajstić information content (AvgIpc) is 2.62. The predicted octanol–water partition coefficient (Wildman–Crippen LogP) is 3.44. The van der Waals surface area contributed by atoms with Crippen LogP contribution in [-0.2, 0) is 11.2 Å². The predicted molar refractivity (Wildman–Crippen MR) is 101 cm³/mol. The summed E-state index contributed by atoms with van der Waals surface area (Å²) in [6.07, 6.45) is 0.711. The number of carbonyl (C=O) groups excluding carboxylic acids is 1. The van der Waals surface area contributed by atoms with E-state index in [9.17, 15) is 4.79 Å². The van der Waals surface area contributed by atoms with Gasteiger partial charge in [0.05, 0.1) is 20.8 Å². The van der Waals surface area contributed by atoms with Crippen molar-refractivity contribution in [1.29, 1.82) is 0 Å². The molecule has 2 N–H and O–H groups in total. The van der Waals surface area contributed by atoms with Crippen molar-refractivity contribution in [3.05, 3.63) is 52.5 Å². The fourth-order valence-electron chi connectivity index (χ4n) is 2.42. The monoisotopic (exact) mass is 362 g/mol. The molecule has 0 saturated heterocycles. The standard InChI is InChI=1S/C19H23ClN2O3/c1-13-15(20)5-4-6-16(13)22-12-19(23)21-10-9-14-7-8-17(24-2)18(11-14)25-3/h4-8,11,22H,9-10,12H2,1-3H3,(H,21,23). The number of hydrogen-bond donors (Lipinski definition) is 2. The highest BCUT2D eigenvalue weighted by molar-refractivity contribution is 6.31. The molecule has 0 aliphatic rings. The smallest absolute Gasteiger partial charge is 0.239 e. The van der Waals surface area contributed by atoms with Gasteiger partial charge in [0.2, 0.25) is 5.91 Å². The first-order valence-corrected chi connectivity index (χ1v) is 8.39. The molecule has 0 aliphatic heterocycles. The molecule has 0 aromatic heterocycles. The lowest BCUT2D eigenvalue weighted by Crippen LogP contribution is -2.31. The zero-order valence-electron chi connectivity index (χ0n) is 14.7. The SMILES string of the molecule is COc1ccc(CCNC(=O)CNc2cccc(Cl)c2C)cc1OC. The summed E-state index contributed by atoms with van der Waals surface area (Å²) in [7, 11) is 3.21. The van der Waals surface area contributed by atoms with Gasteiger partial charge in [-0.05, 0) is 48.7 Å². The van der Waals surface area contributed by atoms with Crippen LogP contribution in [0.15, 0.2) is 36.4 Å². The highest BCUT2D eigenvalue weighted by Crippen LogP contribution is 2.27. The van der Waals surface area contributed by atoms with Crippen LogP contribution in [0, 0.1) is 6.92 Å². The van der Waals surface area contributed by atoms with E-state index >= 15 is 0 Å². The fraction of sp³-hybridized carbons (Fsp3) is 0.316. The van der Waals surface area contributed by atoms with Gasteiger partial charge in [0.1, 0.15) is 0 Å². The molecule has 0 saturated carbocycles. The second-order valence-corrected chi connectivity index (χ2v) is 5.96. The molecular formula is C19H23ClN2O3. The molecule has 134 valence electrons. The number of anilines is 1. The topological polar surface area (TPSA) is 59.6 Å². The Balaban J connectivity index is 1.80. The Morgan fingerprint density at radius 1 is 1.12 bits per heavy atom. The molecular weight excluding hydrogens is 340 g/mol. The van der Waals surface area contributed by atoms with Crippen LogP contribution < -0.4 is 20.1 Å². The first-order chi connectivity index (χ1) is 12.0. The lowest BCUT2D eigenvalue weighted by atomic mass is 10.1. The number of amides is 1. The van der Waals surface area contributed by atoms with Crippen molar-refractivity contribution < 1.29 is 14.3 Å². The van der Waals surface area contributed by atoms with Crippen LogP contribution in [-0.4, -0.2) is 33.2 Å². The van der Waals surface area contributed by atoms with Crippen molar-refractivity contribution in [2.24, 2.45) is 0 Å². The molecule has 0 radical (unpaired) electrons. The van der Waals surface area contributed by atoms with Gasteiger partial charge in [-0.25, -0.2) is 0 Å². The van der Waals surface area contributed by atoms with E-state index in [0.717, 1.165) is 16.8 Å². The average molecular weight is 363 g/mol. The van der Waals surface area contributed by atoms with E-state index in [1.165, 1.54) is 0 Å². The molecule has 2 aromatic carbocycles. The van der Waals surface area contributed by atoms with Gasteiger partial charge in [-0.2, -0.15) is 0 Å². The van der Waals surface area contributed by atoms with E-state index in [1.807, 2.05) is 43.3 Å². The minimum absolute atomic E-state index is 0.0696. The highest BCUT2D eigenvalue weighted by Gasteiger charge is 2.07. The van der Waals surface area contributed by atoms with Crippen LogP contribution >= 0.6 is 11.6 Å². The molecule has 5 nitrogen and oxygen atoms in total. The lowest BCUT2D eigenvalue weighted by Gasteiger charge is -2.12. The molecule has 2 aromatic rings. The third-order valence-corrected chi connectivity index (χ3v) is 4.30. The van der Waals surface area contributed by atoms with Crippen molar-refractivity contribution in [3.8, 4) is 11.5 Å². The number of nitrogens with one attached hydrogen (secondary N) is 2. The second-order valence-electron chi connectivity index (χ2n) is 5.56. The molecule has 0 atom stereocenters. The van der Waals surface area contributed by atoms with Crippen molar-refractivity contribution in [1.82, 2.24) is 5.32 Å². The summed E-state index contributed by atoms with van der Waals surface area (Å²) in [5, 5.41) is 6.68. The van der Waals surface area contributed by atoms with Crippen molar-refractivity contribution >= 4 is 23.2 Å². The Bertz CT molecular complexity index is 735. The Labute approximate surface area is 153 Å². The van der Waals surface area contributed by atoms with Gasteiger partial charge in [0.25, 0.3) is 0 Å². The maximum Gasteiger partial charge on any atom is 0.239 e. The van der Waals surface area contributed by atoms with E-state index in [4.69, 9.17) is 21.1 Å². The minimum Gasteiger partial charge on any atom is -0.493 e. The number of carbonyl (C=O) groups is 1. The van der Waals surface area contributed by atoms with Crippen LogP contribution in [0.3, 0.4) is 0 Å². The minimum atomic E-state index is -0.0696. The maximum absolute atomic E-state index is 12.0. The Morgan fingerprint density at radius 2 is 1.88 bits per heavy atom. The quantitative estimate of drug-likeness (QED) is 0.755. The van der Waals surface area contributed by atoms with Gasteiger partial charge in [-0.15, -0.1) is 0 Å². The molecule has 0 bridgehead atoms. The zero-order valence-corrected chi connectivity index (χ0v) is 15.4. The van der Waals surface area contributed by atoms with Crippen LogP contribution in [0.4, 0.5) is 5.69 Å². The summed E-state index contributed by atoms with van der Waals surface area (Å²) in [5.74, 6) is 1.31. The number of benzene rings is 2. The van der Waals surface area contributed by atoms with Crippen LogP contribution in [0.25, 0.3) is 0 Å². The Kier molecular flexibility index (Phi) is 6.95. The van der Waals surface area contributed by atoms with Crippen LogP contribution in [0.5, 0.6) is 11.5 Å². The summed E-state index contributed by atoms with van der Waals surface area (Å²) < 4.78 is 10.5. The third kappa shape index (κ3) is 5.29. The summed E-state index contributed by atoms with van der Waals surface area (Å²) in [6, 6.07) is 11.3. The third-order valence-electron chi connectivity index (χ3n) is 3.89. The first kappa shape index (κ1) is 18.9. The molecule has 0 unspecified atom stereocenters. The lowest BCUT2D eigenvalue weighted by molar-refractivity contribution is -0.119. The molecule has 0 spiro atoms. The Morgan fingerprint density at radius 3 is 2.60 bits per heavy atom. The van der Waals surface area contributed by atoms with Crippen molar-refractivity contribution in [2.45, 2.75) is 13.3 Å². The highest BCUT2D eigenvalue weighted by atomic mass is 35.5. The molecule has 0 heterocycles. The second kappa shape index (κ2) is 9.18. The molecule has 6 heteroatoms. The van der Waals surface area contributed by atoms with Crippen LogP contribution in [0.2, 0.25) is 5.02 Å². The fourth-order valence-corrected chi connectivity index (χ4v) is 2.59. The van der Waals surface area contributed by atoms with Gasteiger partial charge in [0, 0.05) is 17.3 Å². The van der Waals surface area contributed by atoms with Crippen LogP contribution in [0.1, 0.15) is 11.1 Å². The summed E-state index contributed by atoms with van der Waals surface area (Å²) in [5.41, 5.74) is 2.86. The number of halogens is 1. The van der Waals surface area contributed by atoms with Crippen molar-refractivity contribution in [2.75, 3.05) is 32.6 Å². The van der Waals surface area contributed by atoms with Gasteiger partial charge in [-0.1, -0.05) is 23.7 Å². The van der Waals surface area contributed by atoms with E-state index in [0.29, 0.717) is 29.5 Å². The first-order valence-electron chi connectivity index (χ1n) is 8.01. The zero-order chi connectivity index (χ0) is 18.2. The molecule has 25 heavy (non-hydrogen) atoms. The summed E-state index contributed by atoms with van der Waals surface area (Å²) in [6.45, 7) is 2.66.